The van der Waals surface area contributed by atoms with Crippen LogP contribution in [0.5, 0.6) is 28.7 Å². The summed E-state index contributed by atoms with van der Waals surface area (Å²) >= 11 is 0. The van der Waals surface area contributed by atoms with E-state index in [4.69, 9.17) is 23.7 Å². The molecule has 0 spiro atoms. The molecule has 3 aliphatic rings. The van der Waals surface area contributed by atoms with Crippen molar-refractivity contribution in [2.45, 2.75) is 78.0 Å². The van der Waals surface area contributed by atoms with Crippen molar-refractivity contribution in [3.8, 4) is 28.7 Å². The molecule has 2 bridgehead atoms. The first-order valence-corrected chi connectivity index (χ1v) is 13.9. The number of rotatable bonds is 6. The zero-order chi connectivity index (χ0) is 28.5. The third kappa shape index (κ3) is 3.44. The number of hydrogen-bond acceptors (Lipinski definition) is 7. The Morgan fingerprint density at radius 3 is 1.77 bits per heavy atom. The molecule has 5 rings (SSSR count). The maximum Gasteiger partial charge on any atom is 0.167 e. The maximum absolute atomic E-state index is 6.16. The molecule has 0 aliphatic carbocycles. The summed E-state index contributed by atoms with van der Waals surface area (Å²) in [6.45, 7) is 13.4. The lowest BCUT2D eigenvalue weighted by molar-refractivity contribution is -0.00815. The molecule has 1 saturated heterocycles. The third-order valence-electron chi connectivity index (χ3n) is 9.71. The zero-order valence-corrected chi connectivity index (χ0v) is 25.6. The summed E-state index contributed by atoms with van der Waals surface area (Å²) in [4.78, 5) is 5.18. The first-order valence-electron chi connectivity index (χ1n) is 13.9. The fourth-order valence-electron chi connectivity index (χ4n) is 8.18. The average Bonchev–Trinajstić information content (AvgIpc) is 2.92. The molecule has 3 aliphatic heterocycles. The number of likely N-dealkylation sites (N-methyl/N-ethyl adjacent to an activating group) is 1. The van der Waals surface area contributed by atoms with Crippen LogP contribution in [0.15, 0.2) is 5.70 Å². The Kier molecular flexibility index (Phi) is 6.94. The Morgan fingerprint density at radius 2 is 1.23 bits per heavy atom. The first-order chi connectivity index (χ1) is 18.6. The molecular weight excluding hydrogens is 492 g/mol. The second-order valence-electron chi connectivity index (χ2n) is 11.2. The number of nitrogens with zero attached hydrogens (tertiary/aromatic N) is 2. The van der Waals surface area contributed by atoms with Gasteiger partial charge in [-0.1, -0.05) is 13.8 Å². The van der Waals surface area contributed by atoms with E-state index < -0.39 is 0 Å². The van der Waals surface area contributed by atoms with Gasteiger partial charge in [0, 0.05) is 40.0 Å². The van der Waals surface area contributed by atoms with Crippen molar-refractivity contribution in [1.29, 1.82) is 0 Å². The Hall–Kier alpha value is -3.06. The summed E-state index contributed by atoms with van der Waals surface area (Å²) in [5.41, 5.74) is 9.44. The molecule has 2 unspecified atom stereocenters. The van der Waals surface area contributed by atoms with E-state index in [-0.39, 0.29) is 18.1 Å². The van der Waals surface area contributed by atoms with Crippen molar-refractivity contribution in [3.05, 3.63) is 44.6 Å². The molecular formula is C32H44N2O5. The highest BCUT2D eigenvalue weighted by atomic mass is 16.5. The number of methoxy groups -OCH3 is 5. The third-order valence-corrected chi connectivity index (χ3v) is 9.71. The molecule has 39 heavy (non-hydrogen) atoms. The van der Waals surface area contributed by atoms with Crippen molar-refractivity contribution in [1.82, 2.24) is 9.80 Å². The molecule has 0 radical (unpaired) electrons. The van der Waals surface area contributed by atoms with Gasteiger partial charge in [0.15, 0.2) is 23.0 Å². The smallest absolute Gasteiger partial charge is 0.167 e. The molecule has 1 fully saturated rings. The molecule has 0 saturated carbocycles. The topological polar surface area (TPSA) is 52.6 Å². The lowest BCUT2D eigenvalue weighted by atomic mass is 9.70. The van der Waals surface area contributed by atoms with Gasteiger partial charge in [0.1, 0.15) is 5.75 Å². The fourth-order valence-corrected chi connectivity index (χ4v) is 8.18. The first kappa shape index (κ1) is 27.5. The van der Waals surface area contributed by atoms with E-state index in [1.807, 2.05) is 6.92 Å². The number of piperazine rings is 1. The van der Waals surface area contributed by atoms with Crippen LogP contribution in [0, 0.1) is 20.8 Å². The Bertz CT molecular complexity index is 1350. The summed E-state index contributed by atoms with van der Waals surface area (Å²) in [7, 11) is 10.9. The van der Waals surface area contributed by atoms with Crippen LogP contribution >= 0.6 is 0 Å². The highest BCUT2D eigenvalue weighted by Gasteiger charge is 2.54. The molecule has 0 N–H and O–H groups in total. The van der Waals surface area contributed by atoms with Crippen LogP contribution < -0.4 is 23.7 Å². The monoisotopic (exact) mass is 536 g/mol. The highest BCUT2D eigenvalue weighted by Crippen LogP contribution is 2.61. The van der Waals surface area contributed by atoms with E-state index in [0.29, 0.717) is 12.0 Å². The zero-order valence-electron chi connectivity index (χ0n) is 25.6. The van der Waals surface area contributed by atoms with Crippen LogP contribution in [0.2, 0.25) is 0 Å². The van der Waals surface area contributed by atoms with Crippen LogP contribution in [0.25, 0.3) is 6.08 Å². The molecule has 7 nitrogen and oxygen atoms in total. The van der Waals surface area contributed by atoms with E-state index in [1.165, 1.54) is 22.4 Å². The highest BCUT2D eigenvalue weighted by molar-refractivity contribution is 5.77. The summed E-state index contributed by atoms with van der Waals surface area (Å²) in [6, 6.07) is 0.669. The van der Waals surface area contributed by atoms with Gasteiger partial charge in [-0.25, -0.2) is 0 Å². The summed E-state index contributed by atoms with van der Waals surface area (Å²) in [5, 5.41) is 0. The maximum atomic E-state index is 6.16. The summed E-state index contributed by atoms with van der Waals surface area (Å²) < 4.78 is 30.1. The van der Waals surface area contributed by atoms with Gasteiger partial charge in [0.2, 0.25) is 0 Å². The summed E-state index contributed by atoms with van der Waals surface area (Å²) in [5.74, 6) is 4.33. The fraction of sp³-hybridized carbons (Fsp3) is 0.562. The van der Waals surface area contributed by atoms with Crippen LogP contribution in [0.4, 0.5) is 0 Å². The molecule has 0 amide bonds. The summed E-state index contributed by atoms with van der Waals surface area (Å²) in [6.07, 6.45) is 3.24. The van der Waals surface area contributed by atoms with E-state index >= 15 is 0 Å². The van der Waals surface area contributed by atoms with Crippen molar-refractivity contribution >= 4 is 6.08 Å². The number of ether oxygens (including phenoxy) is 5. The van der Waals surface area contributed by atoms with Gasteiger partial charge in [-0.05, 0) is 69.8 Å². The molecule has 212 valence electrons. The van der Waals surface area contributed by atoms with Crippen molar-refractivity contribution in [2.24, 2.45) is 0 Å². The van der Waals surface area contributed by atoms with E-state index in [1.54, 1.807) is 35.5 Å². The Labute approximate surface area is 233 Å². The standard InChI is InChI=1S/C32H44N2O5/c1-13-21-24-20(28(35-8)18(5)30(37-10)31(24)38-11)14-22-27-25-23(15(2)16(3)29(36-9)32(25)39-12)17(4)26(33(27)7)19(6)34(21)22/h14,17,19,21,26-27H,13H2,1-12H3/t17?,19?,21-,26-,27-/m0/s1. The second kappa shape index (κ2) is 9.84. The number of benzene rings is 2. The minimum atomic E-state index is 0.000795. The minimum Gasteiger partial charge on any atom is -0.496 e. The van der Waals surface area contributed by atoms with Gasteiger partial charge in [0.05, 0.1) is 47.6 Å². The molecule has 3 heterocycles. The van der Waals surface area contributed by atoms with Crippen LogP contribution in [0.1, 0.15) is 84.1 Å². The van der Waals surface area contributed by atoms with Crippen LogP contribution in [-0.4, -0.2) is 64.5 Å². The molecule has 7 heteroatoms. The minimum absolute atomic E-state index is 0.000795. The van der Waals surface area contributed by atoms with Crippen molar-refractivity contribution in [2.75, 3.05) is 42.6 Å². The predicted octanol–water partition coefficient (Wildman–Crippen LogP) is 6.32. The van der Waals surface area contributed by atoms with Gasteiger partial charge >= 0.3 is 0 Å². The normalized spacial score (nSPS) is 25.3. The van der Waals surface area contributed by atoms with Crippen LogP contribution in [-0.2, 0) is 0 Å². The van der Waals surface area contributed by atoms with Gasteiger partial charge < -0.3 is 28.6 Å². The van der Waals surface area contributed by atoms with Gasteiger partial charge in [-0.3, -0.25) is 4.90 Å². The SMILES string of the molecule is CC[C@H]1c2c(c(OC)c(C)c(OC)c2OC)C=C2[C@H]3c4c(OC)c(OC)c(C)c(C)c4C(C)[C@@H](C(C)N21)N3C. The Morgan fingerprint density at radius 1 is 0.692 bits per heavy atom. The van der Waals surface area contributed by atoms with Gasteiger partial charge in [-0.2, -0.15) is 0 Å². The Balaban J connectivity index is 1.91. The van der Waals surface area contributed by atoms with Crippen LogP contribution in [0.3, 0.4) is 0 Å². The second-order valence-corrected chi connectivity index (χ2v) is 11.2. The van der Waals surface area contributed by atoms with E-state index in [2.05, 4.69) is 57.5 Å². The molecule has 2 aromatic rings. The quantitative estimate of drug-likeness (QED) is 0.428. The molecule has 2 aromatic carbocycles. The van der Waals surface area contributed by atoms with Crippen molar-refractivity contribution in [3.63, 3.8) is 0 Å². The molecule has 0 aromatic heterocycles. The lowest BCUT2D eigenvalue weighted by Gasteiger charge is -2.60. The lowest BCUT2D eigenvalue weighted by Crippen LogP contribution is -2.62. The van der Waals surface area contributed by atoms with Crippen molar-refractivity contribution < 1.29 is 23.7 Å². The molecule has 5 atom stereocenters. The van der Waals surface area contributed by atoms with Gasteiger partial charge in [-0.15, -0.1) is 0 Å². The van der Waals surface area contributed by atoms with Gasteiger partial charge in [0.25, 0.3) is 0 Å². The largest absolute Gasteiger partial charge is 0.496 e. The average molecular weight is 537 g/mol. The van der Waals surface area contributed by atoms with E-state index in [9.17, 15) is 0 Å². The number of hydrogen-bond donors (Lipinski definition) is 0. The number of fused-ring (bicyclic) bond motifs is 7. The van der Waals surface area contributed by atoms with E-state index in [0.717, 1.165) is 57.4 Å². The predicted molar refractivity (Wildman–Crippen MR) is 155 cm³/mol.